The third-order valence-electron chi connectivity index (χ3n) is 5.47. The van der Waals surface area contributed by atoms with E-state index in [9.17, 15) is 4.79 Å². The molecule has 1 aliphatic rings. The van der Waals surface area contributed by atoms with Gasteiger partial charge in [-0.1, -0.05) is 67.6 Å². The standard InChI is InChI=1S/C23H30N2O/c1-19(22-12-14-24-15-13-22)16-23(26)25(17-20-8-4-2-5-9-20)18-21-10-6-3-7-11-21/h2-11,19,22,24H,12-18H2,1H3. The molecule has 3 heteroatoms. The lowest BCUT2D eigenvalue weighted by Gasteiger charge is -2.30. The summed E-state index contributed by atoms with van der Waals surface area (Å²) in [5.74, 6) is 1.37. The topological polar surface area (TPSA) is 32.3 Å². The smallest absolute Gasteiger partial charge is 0.223 e. The van der Waals surface area contributed by atoms with Crippen LogP contribution in [0.3, 0.4) is 0 Å². The molecule has 0 aromatic heterocycles. The van der Waals surface area contributed by atoms with Crippen molar-refractivity contribution in [3.63, 3.8) is 0 Å². The molecule has 0 aliphatic carbocycles. The fraction of sp³-hybridized carbons (Fsp3) is 0.435. The van der Waals surface area contributed by atoms with E-state index in [4.69, 9.17) is 0 Å². The van der Waals surface area contributed by atoms with Crippen LogP contribution in [0.5, 0.6) is 0 Å². The molecule has 1 saturated heterocycles. The number of hydrogen-bond acceptors (Lipinski definition) is 2. The van der Waals surface area contributed by atoms with Crippen LogP contribution in [0.4, 0.5) is 0 Å². The Labute approximate surface area is 157 Å². The highest BCUT2D eigenvalue weighted by molar-refractivity contribution is 5.76. The summed E-state index contributed by atoms with van der Waals surface area (Å²) in [6.45, 7) is 5.76. The quantitative estimate of drug-likeness (QED) is 0.810. The molecule has 138 valence electrons. The Kier molecular flexibility index (Phi) is 6.84. The number of amides is 1. The third kappa shape index (κ3) is 5.43. The summed E-state index contributed by atoms with van der Waals surface area (Å²) in [5, 5.41) is 3.42. The number of rotatable bonds is 7. The first-order valence-electron chi connectivity index (χ1n) is 9.78. The number of hydrogen-bond donors (Lipinski definition) is 1. The van der Waals surface area contributed by atoms with Crippen molar-refractivity contribution in [3.05, 3.63) is 71.8 Å². The molecule has 1 heterocycles. The molecule has 0 radical (unpaired) electrons. The highest BCUT2D eigenvalue weighted by Crippen LogP contribution is 2.25. The van der Waals surface area contributed by atoms with E-state index in [2.05, 4.69) is 36.5 Å². The number of carbonyl (C=O) groups is 1. The van der Waals surface area contributed by atoms with Gasteiger partial charge in [-0.15, -0.1) is 0 Å². The highest BCUT2D eigenvalue weighted by Gasteiger charge is 2.24. The van der Waals surface area contributed by atoms with Gasteiger partial charge in [-0.3, -0.25) is 4.79 Å². The minimum absolute atomic E-state index is 0.267. The van der Waals surface area contributed by atoms with Crippen LogP contribution in [-0.2, 0) is 17.9 Å². The van der Waals surface area contributed by atoms with E-state index in [-0.39, 0.29) is 5.91 Å². The van der Waals surface area contributed by atoms with Crippen LogP contribution < -0.4 is 5.32 Å². The van der Waals surface area contributed by atoms with Gasteiger partial charge >= 0.3 is 0 Å². The lowest BCUT2D eigenvalue weighted by molar-refractivity contribution is -0.133. The number of nitrogens with one attached hydrogen (secondary N) is 1. The number of piperidine rings is 1. The molecule has 0 spiro atoms. The van der Waals surface area contributed by atoms with Crippen molar-refractivity contribution in [2.75, 3.05) is 13.1 Å². The molecule has 1 aliphatic heterocycles. The van der Waals surface area contributed by atoms with Crippen molar-refractivity contribution in [1.82, 2.24) is 10.2 Å². The van der Waals surface area contributed by atoms with E-state index in [1.807, 2.05) is 41.3 Å². The first-order chi connectivity index (χ1) is 12.7. The van der Waals surface area contributed by atoms with Crippen molar-refractivity contribution in [1.29, 1.82) is 0 Å². The molecular weight excluding hydrogens is 320 g/mol. The van der Waals surface area contributed by atoms with Gasteiger partial charge in [-0.05, 0) is 48.9 Å². The largest absolute Gasteiger partial charge is 0.334 e. The van der Waals surface area contributed by atoms with E-state index in [0.29, 0.717) is 31.3 Å². The van der Waals surface area contributed by atoms with E-state index < -0.39 is 0 Å². The second-order valence-corrected chi connectivity index (χ2v) is 7.49. The van der Waals surface area contributed by atoms with Gasteiger partial charge in [-0.2, -0.15) is 0 Å². The summed E-state index contributed by atoms with van der Waals surface area (Å²) < 4.78 is 0. The minimum Gasteiger partial charge on any atom is -0.334 e. The van der Waals surface area contributed by atoms with E-state index in [1.165, 1.54) is 24.0 Å². The average Bonchev–Trinajstić information content (AvgIpc) is 2.69. The molecule has 2 aromatic rings. The zero-order valence-corrected chi connectivity index (χ0v) is 15.7. The fourth-order valence-corrected chi connectivity index (χ4v) is 3.82. The zero-order valence-electron chi connectivity index (χ0n) is 15.7. The molecule has 3 rings (SSSR count). The van der Waals surface area contributed by atoms with Gasteiger partial charge in [0, 0.05) is 19.5 Å². The Morgan fingerprint density at radius 1 is 0.962 bits per heavy atom. The summed E-state index contributed by atoms with van der Waals surface area (Å²) in [4.78, 5) is 15.1. The Morgan fingerprint density at radius 3 is 1.96 bits per heavy atom. The number of benzene rings is 2. The van der Waals surface area contributed by atoms with Crippen LogP contribution >= 0.6 is 0 Å². The third-order valence-corrected chi connectivity index (χ3v) is 5.47. The van der Waals surface area contributed by atoms with Gasteiger partial charge < -0.3 is 10.2 Å². The summed E-state index contributed by atoms with van der Waals surface area (Å²) >= 11 is 0. The summed E-state index contributed by atoms with van der Waals surface area (Å²) in [7, 11) is 0. The molecule has 1 unspecified atom stereocenters. The molecular formula is C23H30N2O. The Balaban J connectivity index is 1.67. The molecule has 1 N–H and O–H groups in total. The molecule has 1 fully saturated rings. The van der Waals surface area contributed by atoms with E-state index in [1.54, 1.807) is 0 Å². The second kappa shape index (κ2) is 9.54. The van der Waals surface area contributed by atoms with Gasteiger partial charge in [0.1, 0.15) is 0 Å². The number of carbonyl (C=O) groups excluding carboxylic acids is 1. The fourth-order valence-electron chi connectivity index (χ4n) is 3.82. The van der Waals surface area contributed by atoms with Crippen LogP contribution in [0.15, 0.2) is 60.7 Å². The predicted octanol–water partition coefficient (Wildman–Crippen LogP) is 4.24. The second-order valence-electron chi connectivity index (χ2n) is 7.49. The number of nitrogens with zero attached hydrogens (tertiary/aromatic N) is 1. The first-order valence-corrected chi connectivity index (χ1v) is 9.78. The average molecular weight is 351 g/mol. The van der Waals surface area contributed by atoms with Crippen molar-refractivity contribution in [3.8, 4) is 0 Å². The molecule has 2 aromatic carbocycles. The first kappa shape index (κ1) is 18.7. The molecule has 1 amide bonds. The Morgan fingerprint density at radius 2 is 1.46 bits per heavy atom. The molecule has 0 bridgehead atoms. The normalized spacial score (nSPS) is 16.2. The summed E-state index contributed by atoms with van der Waals surface area (Å²) in [5.41, 5.74) is 2.37. The van der Waals surface area contributed by atoms with Crippen LogP contribution in [-0.4, -0.2) is 23.9 Å². The van der Waals surface area contributed by atoms with Gasteiger partial charge in [0.25, 0.3) is 0 Å². The SMILES string of the molecule is CC(CC(=O)N(Cc1ccccc1)Cc1ccccc1)C1CCNCC1. The lowest BCUT2D eigenvalue weighted by atomic mass is 9.84. The maximum absolute atomic E-state index is 13.1. The van der Waals surface area contributed by atoms with Crippen molar-refractivity contribution in [2.24, 2.45) is 11.8 Å². The highest BCUT2D eigenvalue weighted by atomic mass is 16.2. The van der Waals surface area contributed by atoms with Crippen molar-refractivity contribution in [2.45, 2.75) is 39.3 Å². The van der Waals surface area contributed by atoms with Crippen LogP contribution in [0, 0.1) is 11.8 Å². The molecule has 1 atom stereocenters. The van der Waals surface area contributed by atoms with E-state index in [0.717, 1.165) is 13.1 Å². The molecule has 3 nitrogen and oxygen atoms in total. The van der Waals surface area contributed by atoms with Crippen molar-refractivity contribution < 1.29 is 4.79 Å². The molecule has 0 saturated carbocycles. The maximum atomic E-state index is 13.1. The Bertz CT molecular complexity index is 624. The van der Waals surface area contributed by atoms with Gasteiger partial charge in [0.05, 0.1) is 0 Å². The Hall–Kier alpha value is -2.13. The molecule has 26 heavy (non-hydrogen) atoms. The maximum Gasteiger partial charge on any atom is 0.223 e. The predicted molar refractivity (Wildman–Crippen MR) is 107 cm³/mol. The van der Waals surface area contributed by atoms with Crippen molar-refractivity contribution >= 4 is 5.91 Å². The minimum atomic E-state index is 0.267. The van der Waals surface area contributed by atoms with Gasteiger partial charge in [-0.25, -0.2) is 0 Å². The zero-order chi connectivity index (χ0) is 18.2. The van der Waals surface area contributed by atoms with Crippen LogP contribution in [0.25, 0.3) is 0 Å². The van der Waals surface area contributed by atoms with Crippen LogP contribution in [0.2, 0.25) is 0 Å². The summed E-state index contributed by atoms with van der Waals surface area (Å²) in [6, 6.07) is 20.6. The van der Waals surface area contributed by atoms with Gasteiger partial charge in [0.2, 0.25) is 5.91 Å². The van der Waals surface area contributed by atoms with Crippen LogP contribution in [0.1, 0.15) is 37.3 Å². The van der Waals surface area contributed by atoms with E-state index >= 15 is 0 Å². The monoisotopic (exact) mass is 350 g/mol. The summed E-state index contributed by atoms with van der Waals surface area (Å²) in [6.07, 6.45) is 3.02. The van der Waals surface area contributed by atoms with Gasteiger partial charge in [0.15, 0.2) is 0 Å². The lowest BCUT2D eigenvalue weighted by Crippen LogP contribution is -2.35.